The van der Waals surface area contributed by atoms with Gasteiger partial charge in [0.05, 0.1) is 0 Å². The molecule has 0 heterocycles. The molecule has 0 bridgehead atoms. The lowest BCUT2D eigenvalue weighted by atomic mass is 9.77. The number of hydrogen-bond donors (Lipinski definition) is 0. The highest BCUT2D eigenvalue weighted by atomic mass is 35.5. The fraction of sp³-hybridized carbons (Fsp3) is 0.583. The molecular formula is C24H31Cl. The molecule has 0 unspecified atom stereocenters. The van der Waals surface area contributed by atoms with Gasteiger partial charge in [-0.15, -0.1) is 18.2 Å². The van der Waals surface area contributed by atoms with Crippen molar-refractivity contribution in [1.29, 1.82) is 0 Å². The fourth-order valence-corrected chi connectivity index (χ4v) is 4.61. The average Bonchev–Trinajstić information content (AvgIpc) is 2.67. The minimum absolute atomic E-state index is 0.379. The normalized spacial score (nSPS) is 29.5. The van der Waals surface area contributed by atoms with E-state index in [0.717, 1.165) is 43.1 Å². The van der Waals surface area contributed by atoms with Gasteiger partial charge in [0, 0.05) is 16.9 Å². The van der Waals surface area contributed by atoms with Crippen molar-refractivity contribution in [3.05, 3.63) is 48.0 Å². The second kappa shape index (κ2) is 9.49. The van der Waals surface area contributed by atoms with Crippen molar-refractivity contribution in [3.8, 4) is 11.8 Å². The zero-order valence-electron chi connectivity index (χ0n) is 15.4. The summed E-state index contributed by atoms with van der Waals surface area (Å²) in [4.78, 5) is 0. The van der Waals surface area contributed by atoms with Crippen LogP contribution in [0.5, 0.6) is 0 Å². The zero-order chi connectivity index (χ0) is 17.5. The van der Waals surface area contributed by atoms with E-state index in [1.54, 1.807) is 0 Å². The number of hydrogen-bond acceptors (Lipinski definition) is 0. The van der Waals surface area contributed by atoms with Gasteiger partial charge in [0.15, 0.2) is 0 Å². The first-order valence-corrected chi connectivity index (χ1v) is 10.5. The van der Waals surface area contributed by atoms with Crippen LogP contribution in [0.15, 0.2) is 36.9 Å². The van der Waals surface area contributed by atoms with Gasteiger partial charge in [0.25, 0.3) is 0 Å². The lowest BCUT2D eigenvalue weighted by molar-refractivity contribution is 0.312. The molecule has 25 heavy (non-hydrogen) atoms. The maximum Gasteiger partial charge on any atom is 0.0337 e. The maximum atomic E-state index is 6.17. The van der Waals surface area contributed by atoms with Gasteiger partial charge in [0.2, 0.25) is 0 Å². The van der Waals surface area contributed by atoms with Crippen molar-refractivity contribution in [2.75, 3.05) is 0 Å². The lowest BCUT2D eigenvalue weighted by Crippen LogP contribution is -2.13. The topological polar surface area (TPSA) is 0 Å². The van der Waals surface area contributed by atoms with Gasteiger partial charge in [-0.05, 0) is 93.7 Å². The smallest absolute Gasteiger partial charge is 0.0337 e. The Hall–Kier alpha value is -1.19. The average molecular weight is 355 g/mol. The molecule has 1 aromatic rings. The molecule has 0 radical (unpaired) electrons. The van der Waals surface area contributed by atoms with Gasteiger partial charge in [-0.3, -0.25) is 0 Å². The summed E-state index contributed by atoms with van der Waals surface area (Å²) in [6.45, 7) is 3.85. The monoisotopic (exact) mass is 354 g/mol. The summed E-state index contributed by atoms with van der Waals surface area (Å²) in [5.41, 5.74) is 2.67. The van der Waals surface area contributed by atoms with Crippen LogP contribution in [0.1, 0.15) is 81.3 Å². The van der Waals surface area contributed by atoms with Crippen molar-refractivity contribution in [2.24, 2.45) is 11.8 Å². The number of rotatable bonds is 4. The number of benzene rings is 1. The van der Waals surface area contributed by atoms with Crippen molar-refractivity contribution in [2.45, 2.75) is 75.5 Å². The molecule has 0 atom stereocenters. The van der Waals surface area contributed by atoms with Crippen molar-refractivity contribution in [1.82, 2.24) is 0 Å². The maximum absolute atomic E-state index is 6.17. The molecule has 2 aliphatic carbocycles. The van der Waals surface area contributed by atoms with E-state index in [9.17, 15) is 0 Å². The van der Waals surface area contributed by atoms with Crippen molar-refractivity contribution < 1.29 is 0 Å². The molecule has 0 saturated heterocycles. The number of halogens is 1. The van der Waals surface area contributed by atoms with Gasteiger partial charge in [-0.1, -0.05) is 30.0 Å². The van der Waals surface area contributed by atoms with Crippen LogP contribution in [0.25, 0.3) is 0 Å². The Morgan fingerprint density at radius 3 is 2.28 bits per heavy atom. The molecule has 3 rings (SSSR count). The summed E-state index contributed by atoms with van der Waals surface area (Å²) in [5, 5.41) is 0.379. The Labute approximate surface area is 159 Å². The molecule has 2 saturated carbocycles. The third-order valence-corrected chi connectivity index (χ3v) is 6.52. The SMILES string of the molecule is C=CCC[C@H]1CC[C@H](c2ccc(C#C[C@H]3CC[C@H](Cl)CC3)cc2)CC1. The van der Waals surface area contributed by atoms with Crippen LogP contribution >= 0.6 is 11.6 Å². The largest absolute Gasteiger partial charge is 0.123 e. The number of alkyl halides is 1. The summed E-state index contributed by atoms with van der Waals surface area (Å²) in [6, 6.07) is 9.07. The molecule has 0 nitrogen and oxygen atoms in total. The Bertz CT molecular complexity index is 587. The van der Waals surface area contributed by atoms with E-state index in [4.69, 9.17) is 11.6 Å². The first-order valence-electron chi connectivity index (χ1n) is 10.1. The third-order valence-electron chi connectivity index (χ3n) is 6.09. The third kappa shape index (κ3) is 5.65. The highest BCUT2D eigenvalue weighted by molar-refractivity contribution is 6.20. The predicted molar refractivity (Wildman–Crippen MR) is 109 cm³/mol. The fourth-order valence-electron chi connectivity index (χ4n) is 4.36. The van der Waals surface area contributed by atoms with Crippen LogP contribution in [0, 0.1) is 23.7 Å². The van der Waals surface area contributed by atoms with Crippen LogP contribution in [-0.4, -0.2) is 5.38 Å². The van der Waals surface area contributed by atoms with E-state index < -0.39 is 0 Å². The Morgan fingerprint density at radius 2 is 1.64 bits per heavy atom. The van der Waals surface area contributed by atoms with Gasteiger partial charge < -0.3 is 0 Å². The first kappa shape index (κ1) is 18.6. The molecule has 1 heteroatoms. The minimum Gasteiger partial charge on any atom is -0.123 e. The van der Waals surface area contributed by atoms with Crippen LogP contribution in [0.3, 0.4) is 0 Å². The predicted octanol–water partition coefficient (Wildman–Crippen LogP) is 7.08. The molecule has 2 aliphatic rings. The summed E-state index contributed by atoms with van der Waals surface area (Å²) in [5.74, 6) is 9.07. The van der Waals surface area contributed by atoms with Gasteiger partial charge >= 0.3 is 0 Å². The summed E-state index contributed by atoms with van der Waals surface area (Å²) >= 11 is 6.17. The number of allylic oxidation sites excluding steroid dienone is 1. The standard InChI is InChI=1S/C24H31Cl/c1-2-3-4-19-7-13-22(14-8-19)23-15-9-20(10-16-23)5-6-21-11-17-24(25)18-12-21/h2,9-10,15-16,19,21-22,24H,1,3-4,7-8,11-14,17-18H2/t19-,21-,22-,24-. The van der Waals surface area contributed by atoms with Crippen LogP contribution in [0.2, 0.25) is 0 Å². The van der Waals surface area contributed by atoms with E-state index in [0.29, 0.717) is 11.3 Å². The minimum atomic E-state index is 0.379. The van der Waals surface area contributed by atoms with E-state index in [-0.39, 0.29) is 0 Å². The molecule has 2 fully saturated rings. The quantitative estimate of drug-likeness (QED) is 0.308. The van der Waals surface area contributed by atoms with E-state index in [1.165, 1.54) is 44.1 Å². The van der Waals surface area contributed by atoms with Gasteiger partial charge in [0.1, 0.15) is 0 Å². The highest BCUT2D eigenvalue weighted by Crippen LogP contribution is 2.37. The van der Waals surface area contributed by atoms with Crippen LogP contribution in [-0.2, 0) is 0 Å². The lowest BCUT2D eigenvalue weighted by Gasteiger charge is -2.28. The molecule has 0 N–H and O–H groups in total. The summed E-state index contributed by atoms with van der Waals surface area (Å²) in [6.07, 6.45) is 14.6. The first-order chi connectivity index (χ1) is 12.2. The summed E-state index contributed by atoms with van der Waals surface area (Å²) < 4.78 is 0. The summed E-state index contributed by atoms with van der Waals surface area (Å²) in [7, 11) is 0. The highest BCUT2D eigenvalue weighted by Gasteiger charge is 2.21. The Morgan fingerprint density at radius 1 is 0.960 bits per heavy atom. The van der Waals surface area contributed by atoms with Crippen molar-refractivity contribution >= 4 is 11.6 Å². The zero-order valence-corrected chi connectivity index (χ0v) is 16.1. The van der Waals surface area contributed by atoms with Gasteiger partial charge in [-0.25, -0.2) is 0 Å². The van der Waals surface area contributed by atoms with Crippen LogP contribution < -0.4 is 0 Å². The second-order valence-electron chi connectivity index (χ2n) is 7.92. The molecule has 0 amide bonds. The van der Waals surface area contributed by atoms with E-state index >= 15 is 0 Å². The van der Waals surface area contributed by atoms with E-state index in [1.807, 2.05) is 0 Å². The molecule has 134 valence electrons. The molecule has 0 aliphatic heterocycles. The van der Waals surface area contributed by atoms with E-state index in [2.05, 4.69) is 48.8 Å². The Balaban J connectivity index is 1.50. The van der Waals surface area contributed by atoms with Gasteiger partial charge in [-0.2, -0.15) is 0 Å². The second-order valence-corrected chi connectivity index (χ2v) is 8.54. The molecule has 1 aromatic carbocycles. The molecular weight excluding hydrogens is 324 g/mol. The Kier molecular flexibility index (Phi) is 7.06. The molecule has 0 spiro atoms. The van der Waals surface area contributed by atoms with Crippen LogP contribution in [0.4, 0.5) is 0 Å². The van der Waals surface area contributed by atoms with Crippen molar-refractivity contribution in [3.63, 3.8) is 0 Å². The molecule has 0 aromatic heterocycles.